The lowest BCUT2D eigenvalue weighted by Gasteiger charge is -2.43. The Hall–Kier alpha value is -3.88. The third kappa shape index (κ3) is 7.24. The van der Waals surface area contributed by atoms with Gasteiger partial charge in [-0.25, -0.2) is 4.79 Å². The van der Waals surface area contributed by atoms with E-state index in [0.29, 0.717) is 27.8 Å². The quantitative estimate of drug-likeness (QED) is 0.174. The van der Waals surface area contributed by atoms with E-state index in [1.165, 1.54) is 11.3 Å². The third-order valence-electron chi connectivity index (χ3n) is 9.10. The summed E-state index contributed by atoms with van der Waals surface area (Å²) in [6.07, 6.45) is 2.04. The van der Waals surface area contributed by atoms with Crippen LogP contribution in [0.25, 0.3) is 21.2 Å². The van der Waals surface area contributed by atoms with Crippen LogP contribution in [0.2, 0.25) is 5.02 Å². The van der Waals surface area contributed by atoms with Crippen molar-refractivity contribution in [3.05, 3.63) is 87.8 Å². The number of carbonyl (C=O) groups excluding carboxylic acids is 2. The summed E-state index contributed by atoms with van der Waals surface area (Å²) in [7, 11) is 1.63. The second kappa shape index (κ2) is 13.9. The number of halogens is 1. The van der Waals surface area contributed by atoms with Gasteiger partial charge in [-0.05, 0) is 73.3 Å². The van der Waals surface area contributed by atoms with Crippen LogP contribution in [-0.2, 0) is 6.54 Å². The highest BCUT2D eigenvalue weighted by atomic mass is 35.5. The number of fused-ring (bicyclic) bond motifs is 1. The minimum Gasteiger partial charge on any atom is -0.496 e. The number of nitrogens with zero attached hydrogens (tertiary/aromatic N) is 1. The number of nitrogens with one attached hydrogen (secondary N) is 1. The third-order valence-corrected chi connectivity index (χ3v) is 10.8. The second-order valence-corrected chi connectivity index (χ2v) is 14.6. The topological polar surface area (TPSA) is 95.9 Å². The van der Waals surface area contributed by atoms with Crippen molar-refractivity contribution in [2.24, 2.45) is 11.3 Å². The van der Waals surface area contributed by atoms with E-state index in [0.717, 1.165) is 52.5 Å². The molecule has 3 aromatic carbocycles. The summed E-state index contributed by atoms with van der Waals surface area (Å²) in [4.78, 5) is 40.4. The average molecular weight is 661 g/mol. The van der Waals surface area contributed by atoms with Crippen LogP contribution < -0.4 is 10.1 Å². The summed E-state index contributed by atoms with van der Waals surface area (Å²) in [6, 6.07) is 21.0. The molecule has 1 aliphatic carbocycles. The zero-order valence-electron chi connectivity index (χ0n) is 26.9. The van der Waals surface area contributed by atoms with Crippen LogP contribution in [-0.4, -0.2) is 47.0 Å². The van der Waals surface area contributed by atoms with E-state index in [4.69, 9.17) is 16.3 Å². The van der Waals surface area contributed by atoms with Crippen molar-refractivity contribution >= 4 is 50.8 Å². The smallest absolute Gasteiger partial charge is 0.404 e. The molecule has 2 N–H and O–H groups in total. The number of carboxylic acid groups (broad SMARTS) is 1. The van der Waals surface area contributed by atoms with Gasteiger partial charge in [-0.3, -0.25) is 9.59 Å². The molecule has 1 atom stereocenters. The maximum absolute atomic E-state index is 14.5. The van der Waals surface area contributed by atoms with Crippen LogP contribution in [0.5, 0.6) is 5.75 Å². The van der Waals surface area contributed by atoms with Crippen molar-refractivity contribution in [2.75, 3.05) is 7.11 Å². The number of carbonyl (C=O) groups is 3. The number of amides is 2. The summed E-state index contributed by atoms with van der Waals surface area (Å²) < 4.78 is 6.74. The Morgan fingerprint density at radius 2 is 1.65 bits per heavy atom. The monoisotopic (exact) mass is 660 g/mol. The number of Topliss-reactive ketones (excluding diaryl/α,β-unsaturated/α-hetero) is 1. The van der Waals surface area contributed by atoms with Gasteiger partial charge in [-0.1, -0.05) is 80.9 Å². The van der Waals surface area contributed by atoms with Gasteiger partial charge in [-0.2, -0.15) is 0 Å². The van der Waals surface area contributed by atoms with Crippen molar-refractivity contribution < 1.29 is 24.2 Å². The van der Waals surface area contributed by atoms with E-state index in [1.807, 2.05) is 71.6 Å². The largest absolute Gasteiger partial charge is 0.496 e. The Morgan fingerprint density at radius 3 is 2.24 bits per heavy atom. The number of methoxy groups -OCH3 is 1. The Morgan fingerprint density at radius 1 is 1.00 bits per heavy atom. The Balaban J connectivity index is 1.49. The standard InChI is InChI=1S/C37H41ClN2O5S/c1-22(41)23-10-12-24(13-11-23)26-16-19-30(45-5)27(20-26)21-40(35(42)33-32(38)29-8-6-7-9-31(29)46-33)28-17-14-25(15-18-28)34(37(2,3)4)39-36(43)44/h6-13,16,19-20,25,28,34,39H,14-15,17-18,21H2,1-5H3,(H,43,44). The Bertz CT molecular complexity index is 1730. The highest BCUT2D eigenvalue weighted by Crippen LogP contribution is 2.41. The molecule has 242 valence electrons. The average Bonchev–Trinajstić information content (AvgIpc) is 3.38. The van der Waals surface area contributed by atoms with Crippen LogP contribution in [0.3, 0.4) is 0 Å². The molecule has 0 bridgehead atoms. The summed E-state index contributed by atoms with van der Waals surface area (Å²) in [5.41, 5.74) is 3.18. The van der Waals surface area contributed by atoms with E-state index in [1.54, 1.807) is 14.0 Å². The molecule has 1 heterocycles. The lowest BCUT2D eigenvalue weighted by Crippen LogP contribution is -2.50. The van der Waals surface area contributed by atoms with Crippen LogP contribution in [0.4, 0.5) is 4.79 Å². The zero-order chi connectivity index (χ0) is 33.2. The van der Waals surface area contributed by atoms with Gasteiger partial charge >= 0.3 is 6.09 Å². The second-order valence-electron chi connectivity index (χ2n) is 13.2. The van der Waals surface area contributed by atoms with Crippen molar-refractivity contribution in [1.29, 1.82) is 0 Å². The lowest BCUT2D eigenvalue weighted by atomic mass is 9.72. The SMILES string of the molecule is COc1ccc(-c2ccc(C(C)=O)cc2)cc1CN(C(=O)c1sc2ccccc2c1Cl)C1CCC(C(NC(=O)O)C(C)(C)C)CC1. The number of ketones is 1. The molecule has 4 aromatic rings. The van der Waals surface area contributed by atoms with Gasteiger partial charge < -0.3 is 20.1 Å². The van der Waals surface area contributed by atoms with Gasteiger partial charge in [-0.15, -0.1) is 11.3 Å². The molecule has 9 heteroatoms. The maximum atomic E-state index is 14.5. The van der Waals surface area contributed by atoms with Crippen molar-refractivity contribution in [1.82, 2.24) is 10.2 Å². The molecule has 0 spiro atoms. The number of thiophene rings is 1. The minimum absolute atomic E-state index is 0.0123. The first-order chi connectivity index (χ1) is 21.9. The van der Waals surface area contributed by atoms with Gasteiger partial charge in [0.15, 0.2) is 5.78 Å². The van der Waals surface area contributed by atoms with E-state index in [-0.39, 0.29) is 35.1 Å². The molecule has 1 unspecified atom stereocenters. The number of ether oxygens (including phenoxy) is 1. The fourth-order valence-corrected chi connectivity index (χ4v) is 8.20. The first kappa shape index (κ1) is 33.5. The molecule has 1 saturated carbocycles. The van der Waals surface area contributed by atoms with Crippen molar-refractivity contribution in [3.8, 4) is 16.9 Å². The molecule has 1 fully saturated rings. The molecular weight excluding hydrogens is 620 g/mol. The van der Waals surface area contributed by atoms with Crippen LogP contribution in [0, 0.1) is 11.3 Å². The van der Waals surface area contributed by atoms with Crippen molar-refractivity contribution in [2.45, 2.75) is 72.0 Å². The summed E-state index contributed by atoms with van der Waals surface area (Å²) in [6.45, 7) is 8.05. The normalized spacial score (nSPS) is 17.3. The summed E-state index contributed by atoms with van der Waals surface area (Å²) >= 11 is 8.26. The molecule has 5 rings (SSSR count). The number of benzene rings is 3. The Kier molecular flexibility index (Phi) is 10.1. The summed E-state index contributed by atoms with van der Waals surface area (Å²) in [5.74, 6) is 0.729. The van der Waals surface area contributed by atoms with Gasteiger partial charge in [0.2, 0.25) is 0 Å². The van der Waals surface area contributed by atoms with E-state index < -0.39 is 6.09 Å². The van der Waals surface area contributed by atoms with Gasteiger partial charge in [0, 0.05) is 39.8 Å². The highest BCUT2D eigenvalue weighted by molar-refractivity contribution is 7.21. The predicted octanol–water partition coefficient (Wildman–Crippen LogP) is 9.32. The highest BCUT2D eigenvalue weighted by Gasteiger charge is 2.38. The lowest BCUT2D eigenvalue weighted by molar-refractivity contribution is 0.0543. The van der Waals surface area contributed by atoms with Gasteiger partial charge in [0.05, 0.1) is 12.1 Å². The van der Waals surface area contributed by atoms with Crippen LogP contribution in [0.1, 0.15) is 79.0 Å². The molecule has 0 radical (unpaired) electrons. The molecule has 46 heavy (non-hydrogen) atoms. The molecule has 7 nitrogen and oxygen atoms in total. The number of rotatable bonds is 9. The molecule has 1 aromatic heterocycles. The van der Waals surface area contributed by atoms with Crippen LogP contribution in [0.15, 0.2) is 66.7 Å². The molecule has 2 amide bonds. The zero-order valence-corrected chi connectivity index (χ0v) is 28.5. The van der Waals surface area contributed by atoms with Crippen molar-refractivity contribution in [3.63, 3.8) is 0 Å². The van der Waals surface area contributed by atoms with E-state index >= 15 is 0 Å². The fraction of sp³-hybridized carbons (Fsp3) is 0.378. The summed E-state index contributed by atoms with van der Waals surface area (Å²) in [5, 5.41) is 13.7. The predicted molar refractivity (Wildman–Crippen MR) is 185 cm³/mol. The fourth-order valence-electron chi connectivity index (χ4n) is 6.73. The van der Waals surface area contributed by atoms with E-state index in [9.17, 15) is 19.5 Å². The van der Waals surface area contributed by atoms with Crippen LogP contribution >= 0.6 is 22.9 Å². The maximum Gasteiger partial charge on any atom is 0.404 e. The van der Waals surface area contributed by atoms with E-state index in [2.05, 4.69) is 26.1 Å². The molecule has 0 saturated heterocycles. The molecule has 0 aliphatic heterocycles. The first-order valence-corrected chi connectivity index (χ1v) is 16.8. The van der Waals surface area contributed by atoms with Gasteiger partial charge in [0.25, 0.3) is 5.91 Å². The molecular formula is C37H41ClN2O5S. The Labute approximate surface area is 279 Å². The van der Waals surface area contributed by atoms with Gasteiger partial charge in [0.1, 0.15) is 10.6 Å². The number of hydrogen-bond donors (Lipinski definition) is 2. The first-order valence-electron chi connectivity index (χ1n) is 15.6. The number of hydrogen-bond acceptors (Lipinski definition) is 5. The minimum atomic E-state index is -1.01. The molecule has 1 aliphatic rings.